The van der Waals surface area contributed by atoms with Crippen molar-refractivity contribution in [2.75, 3.05) is 13.2 Å². The first kappa shape index (κ1) is 19.5. The van der Waals surface area contributed by atoms with Crippen LogP contribution in [0.25, 0.3) is 0 Å². The van der Waals surface area contributed by atoms with E-state index in [1.54, 1.807) is 0 Å². The first-order valence-corrected chi connectivity index (χ1v) is 11.6. The fourth-order valence-electron chi connectivity index (χ4n) is 6.72. The van der Waals surface area contributed by atoms with Gasteiger partial charge in [0.05, 0.1) is 24.7 Å². The topological polar surface area (TPSA) is 47.6 Å². The van der Waals surface area contributed by atoms with E-state index in [0.29, 0.717) is 25.0 Å². The molecule has 0 spiro atoms. The summed E-state index contributed by atoms with van der Waals surface area (Å²) in [5.74, 6) is 3.31. The normalized spacial score (nSPS) is 36.0. The van der Waals surface area contributed by atoms with Crippen molar-refractivity contribution in [3.05, 3.63) is 23.8 Å². The predicted molar refractivity (Wildman–Crippen MR) is 113 cm³/mol. The fourth-order valence-corrected chi connectivity index (χ4v) is 7.41. The SMILES string of the molecule is CC(C)[C@@H](NC(=O)C12C[C@H]3C[C@@H](CC(Cl)(C3)C1)C2)c1ccc2c(c1)OCCCO2. The Kier molecular flexibility index (Phi) is 4.77. The van der Waals surface area contributed by atoms with Crippen molar-refractivity contribution < 1.29 is 14.3 Å². The van der Waals surface area contributed by atoms with Gasteiger partial charge in [-0.1, -0.05) is 19.9 Å². The van der Waals surface area contributed by atoms with Crippen LogP contribution in [0.4, 0.5) is 0 Å². The van der Waals surface area contributed by atoms with Gasteiger partial charge in [-0.2, -0.15) is 0 Å². The van der Waals surface area contributed by atoms with Gasteiger partial charge in [0.2, 0.25) is 5.91 Å². The molecule has 1 amide bonds. The summed E-state index contributed by atoms with van der Waals surface area (Å²) in [6.45, 7) is 5.67. The Morgan fingerprint density at radius 3 is 2.45 bits per heavy atom. The highest BCUT2D eigenvalue weighted by atomic mass is 35.5. The molecule has 4 fully saturated rings. The van der Waals surface area contributed by atoms with Crippen LogP contribution in [0, 0.1) is 23.2 Å². The molecule has 158 valence electrons. The van der Waals surface area contributed by atoms with Crippen molar-refractivity contribution >= 4 is 17.5 Å². The molecule has 3 atom stereocenters. The third-order valence-corrected chi connectivity index (χ3v) is 8.00. The lowest BCUT2D eigenvalue weighted by Crippen LogP contribution is -2.58. The molecule has 1 N–H and O–H groups in total. The van der Waals surface area contributed by atoms with Crippen LogP contribution in [0.15, 0.2) is 18.2 Å². The van der Waals surface area contributed by atoms with Crippen LogP contribution < -0.4 is 14.8 Å². The molecule has 0 unspecified atom stereocenters. The number of carbonyl (C=O) groups excluding carboxylic acids is 1. The van der Waals surface area contributed by atoms with Crippen molar-refractivity contribution in [3.63, 3.8) is 0 Å². The first-order valence-electron chi connectivity index (χ1n) is 11.3. The van der Waals surface area contributed by atoms with E-state index >= 15 is 0 Å². The Labute approximate surface area is 178 Å². The predicted octanol–water partition coefficient (Wildman–Crippen LogP) is 5.24. The number of benzene rings is 1. The maximum absolute atomic E-state index is 13.6. The van der Waals surface area contributed by atoms with Gasteiger partial charge in [-0.3, -0.25) is 4.79 Å². The minimum atomic E-state index is -0.274. The Bertz CT molecular complexity index is 793. The van der Waals surface area contributed by atoms with Gasteiger partial charge in [0.15, 0.2) is 11.5 Å². The summed E-state index contributed by atoms with van der Waals surface area (Å²) in [6, 6.07) is 6.06. The van der Waals surface area contributed by atoms with E-state index in [0.717, 1.165) is 55.6 Å². The largest absolute Gasteiger partial charge is 0.490 e. The quantitative estimate of drug-likeness (QED) is 0.681. The Morgan fingerprint density at radius 2 is 1.79 bits per heavy atom. The molecule has 5 heteroatoms. The lowest BCUT2D eigenvalue weighted by Gasteiger charge is -2.59. The van der Waals surface area contributed by atoms with E-state index in [1.165, 1.54) is 6.42 Å². The maximum atomic E-state index is 13.6. The maximum Gasteiger partial charge on any atom is 0.226 e. The van der Waals surface area contributed by atoms with Crippen LogP contribution in [-0.2, 0) is 4.79 Å². The highest BCUT2D eigenvalue weighted by molar-refractivity contribution is 6.24. The molecule has 6 rings (SSSR count). The summed E-state index contributed by atoms with van der Waals surface area (Å²) in [4.78, 5) is 13.5. The number of alkyl halides is 1. The van der Waals surface area contributed by atoms with E-state index in [2.05, 4.69) is 25.2 Å². The van der Waals surface area contributed by atoms with Crippen LogP contribution in [0.5, 0.6) is 11.5 Å². The molecule has 5 aliphatic rings. The van der Waals surface area contributed by atoms with E-state index < -0.39 is 0 Å². The second-order valence-corrected chi connectivity index (χ2v) is 11.1. The molecule has 4 bridgehead atoms. The smallest absolute Gasteiger partial charge is 0.226 e. The Balaban J connectivity index is 1.39. The van der Waals surface area contributed by atoms with Gasteiger partial charge in [-0.15, -0.1) is 11.6 Å². The second kappa shape index (κ2) is 7.08. The lowest BCUT2D eigenvalue weighted by molar-refractivity contribution is -0.145. The summed E-state index contributed by atoms with van der Waals surface area (Å²) in [6.07, 6.45) is 7.20. The van der Waals surface area contributed by atoms with Gasteiger partial charge < -0.3 is 14.8 Å². The monoisotopic (exact) mass is 417 g/mol. The van der Waals surface area contributed by atoms with Gasteiger partial charge in [-0.05, 0) is 74.0 Å². The van der Waals surface area contributed by atoms with E-state index in [1.807, 2.05) is 12.1 Å². The molecule has 0 saturated heterocycles. The van der Waals surface area contributed by atoms with Crippen molar-refractivity contribution in [3.8, 4) is 11.5 Å². The number of fused-ring (bicyclic) bond motifs is 1. The third-order valence-electron chi connectivity index (χ3n) is 7.56. The zero-order chi connectivity index (χ0) is 20.2. The Hall–Kier alpha value is -1.42. The number of hydrogen-bond donors (Lipinski definition) is 1. The number of hydrogen-bond acceptors (Lipinski definition) is 3. The van der Waals surface area contributed by atoms with Crippen molar-refractivity contribution in [1.82, 2.24) is 5.32 Å². The number of nitrogens with one attached hydrogen (secondary N) is 1. The van der Waals surface area contributed by atoms with Crippen molar-refractivity contribution in [2.24, 2.45) is 23.2 Å². The minimum absolute atomic E-state index is 0.0427. The average Bonchev–Trinajstić information content (AvgIpc) is 2.88. The third kappa shape index (κ3) is 3.52. The highest BCUT2D eigenvalue weighted by Gasteiger charge is 2.60. The van der Waals surface area contributed by atoms with Gasteiger partial charge in [0.1, 0.15) is 0 Å². The van der Waals surface area contributed by atoms with E-state index in [9.17, 15) is 4.79 Å². The summed E-state index contributed by atoms with van der Waals surface area (Å²) < 4.78 is 11.7. The van der Waals surface area contributed by atoms with Gasteiger partial charge in [0, 0.05) is 11.3 Å². The highest BCUT2D eigenvalue weighted by Crippen LogP contribution is 2.64. The molecule has 29 heavy (non-hydrogen) atoms. The number of halogens is 1. The van der Waals surface area contributed by atoms with Crippen LogP contribution in [-0.4, -0.2) is 24.0 Å². The summed E-state index contributed by atoms with van der Waals surface area (Å²) in [5.41, 5.74) is 0.812. The molecule has 4 aliphatic carbocycles. The molecular formula is C24H32ClNO3. The number of ether oxygens (including phenoxy) is 2. The van der Waals surface area contributed by atoms with E-state index in [-0.39, 0.29) is 28.2 Å². The number of rotatable bonds is 4. The molecule has 4 nitrogen and oxygen atoms in total. The van der Waals surface area contributed by atoms with Crippen LogP contribution in [0.1, 0.15) is 70.4 Å². The van der Waals surface area contributed by atoms with Crippen LogP contribution in [0.3, 0.4) is 0 Å². The molecular weight excluding hydrogens is 386 g/mol. The minimum Gasteiger partial charge on any atom is -0.490 e. The molecule has 1 heterocycles. The van der Waals surface area contributed by atoms with E-state index in [4.69, 9.17) is 21.1 Å². The zero-order valence-electron chi connectivity index (χ0n) is 17.5. The molecule has 4 saturated carbocycles. The van der Waals surface area contributed by atoms with Gasteiger partial charge in [-0.25, -0.2) is 0 Å². The van der Waals surface area contributed by atoms with Crippen LogP contribution >= 0.6 is 11.6 Å². The molecule has 0 aromatic heterocycles. The second-order valence-electron chi connectivity index (χ2n) is 10.3. The molecule has 1 aliphatic heterocycles. The first-order chi connectivity index (χ1) is 13.9. The van der Waals surface area contributed by atoms with Crippen LogP contribution in [0.2, 0.25) is 0 Å². The molecule has 1 aromatic rings. The molecule has 1 aromatic carbocycles. The average molecular weight is 418 g/mol. The standard InChI is InChI=1S/C24H32ClNO3/c1-15(2)21(18-4-5-19-20(9-18)29-7-3-6-28-19)26-22(27)23-10-16-8-17(11-23)13-24(25,12-16)14-23/h4-5,9,15-17,21H,3,6-8,10-14H2,1-2H3,(H,26,27)/t16-,17-,21-,23?,24?/m1/s1. The number of carbonyl (C=O) groups is 1. The van der Waals surface area contributed by atoms with Gasteiger partial charge >= 0.3 is 0 Å². The summed E-state index contributed by atoms with van der Waals surface area (Å²) >= 11 is 6.97. The lowest BCUT2D eigenvalue weighted by atomic mass is 9.49. The van der Waals surface area contributed by atoms with Gasteiger partial charge in [0.25, 0.3) is 0 Å². The Morgan fingerprint density at radius 1 is 1.10 bits per heavy atom. The van der Waals surface area contributed by atoms with Crippen molar-refractivity contribution in [2.45, 2.75) is 69.7 Å². The fraction of sp³-hybridized carbons (Fsp3) is 0.708. The summed E-state index contributed by atoms with van der Waals surface area (Å²) in [5, 5.41) is 3.44. The summed E-state index contributed by atoms with van der Waals surface area (Å²) in [7, 11) is 0. The number of amides is 1. The zero-order valence-corrected chi connectivity index (χ0v) is 18.3. The molecule has 0 radical (unpaired) electrons. The van der Waals surface area contributed by atoms with Crippen molar-refractivity contribution in [1.29, 1.82) is 0 Å².